The highest BCUT2D eigenvalue weighted by Crippen LogP contribution is 2.16. The predicted octanol–water partition coefficient (Wildman–Crippen LogP) is 0.798. The van der Waals surface area contributed by atoms with Gasteiger partial charge in [-0.1, -0.05) is 20.3 Å². The summed E-state index contributed by atoms with van der Waals surface area (Å²) in [5.74, 6) is 0. The highest BCUT2D eigenvalue weighted by Gasteiger charge is 2.22. The number of nitrogens with zero attached hydrogens (tertiary/aromatic N) is 1. The summed E-state index contributed by atoms with van der Waals surface area (Å²) >= 11 is 0. The van der Waals surface area contributed by atoms with Gasteiger partial charge in [-0.15, -0.1) is 0 Å². The average Bonchev–Trinajstić information content (AvgIpc) is 2.59. The smallest absolute Gasteiger partial charge is 0.0219 e. The van der Waals surface area contributed by atoms with Crippen LogP contribution in [0.2, 0.25) is 0 Å². The number of likely N-dealkylation sites (N-methyl/N-ethyl adjacent to an activating group) is 1. The van der Waals surface area contributed by atoms with Crippen molar-refractivity contribution in [2.45, 2.75) is 45.2 Å². The minimum Gasteiger partial charge on any atom is -0.326 e. The Morgan fingerprint density at radius 3 is 2.50 bits per heavy atom. The lowest BCUT2D eigenvalue weighted by Gasteiger charge is -2.21. The van der Waals surface area contributed by atoms with Gasteiger partial charge in [0.1, 0.15) is 0 Å². The second-order valence-corrected chi connectivity index (χ2v) is 4.18. The van der Waals surface area contributed by atoms with Crippen molar-refractivity contribution < 1.29 is 0 Å². The van der Waals surface area contributed by atoms with Gasteiger partial charge in [-0.25, -0.2) is 0 Å². The van der Waals surface area contributed by atoms with Crippen molar-refractivity contribution in [3.05, 3.63) is 0 Å². The van der Waals surface area contributed by atoms with Crippen LogP contribution in [0.4, 0.5) is 0 Å². The van der Waals surface area contributed by atoms with E-state index in [1.165, 1.54) is 19.3 Å². The Kier molecular flexibility index (Phi) is 5.45. The third-order valence-corrected chi connectivity index (χ3v) is 3.30. The zero-order valence-electron chi connectivity index (χ0n) is 9.63. The van der Waals surface area contributed by atoms with Crippen molar-refractivity contribution in [2.24, 2.45) is 5.73 Å². The first-order chi connectivity index (χ1) is 6.77. The monoisotopic (exact) mass is 199 g/mol. The molecular weight excluding hydrogens is 174 g/mol. The van der Waals surface area contributed by atoms with Crippen LogP contribution in [0.25, 0.3) is 0 Å². The maximum absolute atomic E-state index is 5.98. The van der Waals surface area contributed by atoms with Crippen LogP contribution in [0, 0.1) is 0 Å². The Morgan fingerprint density at radius 2 is 2.00 bits per heavy atom. The van der Waals surface area contributed by atoms with Crippen molar-refractivity contribution in [2.75, 3.05) is 26.2 Å². The molecule has 1 aliphatic carbocycles. The van der Waals surface area contributed by atoms with Crippen molar-refractivity contribution in [3.63, 3.8) is 0 Å². The molecule has 2 atom stereocenters. The molecule has 0 amide bonds. The van der Waals surface area contributed by atoms with Crippen LogP contribution in [0.1, 0.15) is 33.1 Å². The highest BCUT2D eigenvalue weighted by atomic mass is 15.1. The van der Waals surface area contributed by atoms with Gasteiger partial charge in [0.05, 0.1) is 0 Å². The highest BCUT2D eigenvalue weighted by molar-refractivity contribution is 4.85. The van der Waals surface area contributed by atoms with E-state index in [0.717, 1.165) is 26.2 Å². The van der Waals surface area contributed by atoms with Crippen LogP contribution >= 0.6 is 0 Å². The molecule has 0 heterocycles. The molecule has 0 aliphatic heterocycles. The van der Waals surface area contributed by atoms with Gasteiger partial charge in [0.2, 0.25) is 0 Å². The molecule has 0 radical (unpaired) electrons. The van der Waals surface area contributed by atoms with Gasteiger partial charge >= 0.3 is 0 Å². The van der Waals surface area contributed by atoms with E-state index in [0.29, 0.717) is 12.1 Å². The van der Waals surface area contributed by atoms with Crippen molar-refractivity contribution in [1.29, 1.82) is 0 Å². The summed E-state index contributed by atoms with van der Waals surface area (Å²) in [6.45, 7) is 8.95. The first kappa shape index (κ1) is 12.0. The van der Waals surface area contributed by atoms with Crippen LogP contribution in [-0.4, -0.2) is 43.2 Å². The molecule has 1 saturated carbocycles. The topological polar surface area (TPSA) is 41.3 Å². The summed E-state index contributed by atoms with van der Waals surface area (Å²) in [4.78, 5) is 2.44. The molecule has 3 heteroatoms. The SMILES string of the molecule is CCN(CC)CCN[C@@H]1CCC[C@@H]1N. The van der Waals surface area contributed by atoms with E-state index >= 15 is 0 Å². The Hall–Kier alpha value is -0.120. The molecule has 0 unspecified atom stereocenters. The zero-order chi connectivity index (χ0) is 10.4. The lowest BCUT2D eigenvalue weighted by molar-refractivity contribution is 0.294. The number of hydrogen-bond donors (Lipinski definition) is 2. The standard InChI is InChI=1S/C11H25N3/c1-3-14(4-2)9-8-13-11-7-5-6-10(11)12/h10-11,13H,3-9,12H2,1-2H3/t10-,11+/m0/s1. The van der Waals surface area contributed by atoms with Crippen molar-refractivity contribution >= 4 is 0 Å². The van der Waals surface area contributed by atoms with Crippen LogP contribution in [-0.2, 0) is 0 Å². The largest absolute Gasteiger partial charge is 0.326 e. The van der Waals surface area contributed by atoms with Gasteiger partial charge in [-0.3, -0.25) is 0 Å². The molecule has 1 aliphatic rings. The van der Waals surface area contributed by atoms with E-state index in [-0.39, 0.29) is 0 Å². The minimum absolute atomic E-state index is 0.395. The molecule has 84 valence electrons. The van der Waals surface area contributed by atoms with Crippen LogP contribution in [0.5, 0.6) is 0 Å². The summed E-state index contributed by atoms with van der Waals surface area (Å²) in [5.41, 5.74) is 5.98. The lowest BCUT2D eigenvalue weighted by Crippen LogP contribution is -2.44. The molecule has 0 bridgehead atoms. The number of nitrogens with two attached hydrogens (primary N) is 1. The number of hydrogen-bond acceptors (Lipinski definition) is 3. The Morgan fingerprint density at radius 1 is 1.29 bits per heavy atom. The van der Waals surface area contributed by atoms with E-state index in [9.17, 15) is 0 Å². The summed E-state index contributed by atoms with van der Waals surface area (Å²) in [7, 11) is 0. The van der Waals surface area contributed by atoms with E-state index in [1.807, 2.05) is 0 Å². The van der Waals surface area contributed by atoms with Gasteiger partial charge < -0.3 is 16.0 Å². The minimum atomic E-state index is 0.395. The second-order valence-electron chi connectivity index (χ2n) is 4.18. The lowest BCUT2D eigenvalue weighted by atomic mass is 10.2. The van der Waals surface area contributed by atoms with E-state index in [4.69, 9.17) is 5.73 Å². The van der Waals surface area contributed by atoms with Gasteiger partial charge in [0.25, 0.3) is 0 Å². The van der Waals surface area contributed by atoms with Crippen LogP contribution < -0.4 is 11.1 Å². The van der Waals surface area contributed by atoms with Crippen LogP contribution in [0.15, 0.2) is 0 Å². The fourth-order valence-electron chi connectivity index (χ4n) is 2.19. The third kappa shape index (κ3) is 3.56. The van der Waals surface area contributed by atoms with E-state index in [2.05, 4.69) is 24.1 Å². The van der Waals surface area contributed by atoms with Crippen molar-refractivity contribution in [1.82, 2.24) is 10.2 Å². The van der Waals surface area contributed by atoms with E-state index in [1.54, 1.807) is 0 Å². The molecule has 0 spiro atoms. The fourth-order valence-corrected chi connectivity index (χ4v) is 2.19. The van der Waals surface area contributed by atoms with Gasteiger partial charge in [-0.2, -0.15) is 0 Å². The molecule has 1 rings (SSSR count). The molecule has 3 N–H and O–H groups in total. The Labute approximate surface area is 88.0 Å². The molecule has 1 fully saturated rings. The predicted molar refractivity (Wildman–Crippen MR) is 61.4 cm³/mol. The van der Waals surface area contributed by atoms with E-state index < -0.39 is 0 Å². The zero-order valence-corrected chi connectivity index (χ0v) is 9.63. The number of nitrogens with one attached hydrogen (secondary N) is 1. The molecular formula is C11H25N3. The van der Waals surface area contributed by atoms with Gasteiger partial charge in [-0.05, 0) is 25.9 Å². The molecule has 0 aromatic rings. The fraction of sp³-hybridized carbons (Fsp3) is 1.00. The first-order valence-electron chi connectivity index (χ1n) is 5.99. The number of rotatable bonds is 6. The summed E-state index contributed by atoms with van der Waals surface area (Å²) in [6, 6.07) is 0.970. The maximum Gasteiger partial charge on any atom is 0.0219 e. The molecule has 0 aromatic carbocycles. The van der Waals surface area contributed by atoms with Crippen LogP contribution in [0.3, 0.4) is 0 Å². The molecule has 0 saturated heterocycles. The summed E-state index contributed by atoms with van der Waals surface area (Å²) in [5, 5.41) is 3.56. The van der Waals surface area contributed by atoms with Gasteiger partial charge in [0.15, 0.2) is 0 Å². The third-order valence-electron chi connectivity index (χ3n) is 3.30. The molecule has 0 aromatic heterocycles. The Balaban J connectivity index is 2.08. The summed E-state index contributed by atoms with van der Waals surface area (Å²) in [6.07, 6.45) is 3.76. The normalized spacial score (nSPS) is 27.4. The first-order valence-corrected chi connectivity index (χ1v) is 5.99. The molecule has 14 heavy (non-hydrogen) atoms. The molecule has 3 nitrogen and oxygen atoms in total. The van der Waals surface area contributed by atoms with Gasteiger partial charge in [0, 0.05) is 25.2 Å². The summed E-state index contributed by atoms with van der Waals surface area (Å²) < 4.78 is 0. The maximum atomic E-state index is 5.98. The quantitative estimate of drug-likeness (QED) is 0.665. The average molecular weight is 199 g/mol. The Bertz CT molecular complexity index is 145. The van der Waals surface area contributed by atoms with Crippen molar-refractivity contribution in [3.8, 4) is 0 Å². The second kappa shape index (κ2) is 6.38.